The van der Waals surface area contributed by atoms with Crippen molar-refractivity contribution >= 4 is 0 Å². The lowest BCUT2D eigenvalue weighted by molar-refractivity contribution is 0.112. The van der Waals surface area contributed by atoms with Crippen molar-refractivity contribution in [3.8, 4) is 0 Å². The third-order valence-electron chi connectivity index (χ3n) is 6.25. The minimum Gasteiger partial charge on any atom is -0.301 e. The first-order chi connectivity index (χ1) is 12.3. The number of hydrogen-bond donors (Lipinski definition) is 0. The molecule has 4 rings (SSSR count). The molecule has 2 aliphatic rings. The Labute approximate surface area is 152 Å². The van der Waals surface area contributed by atoms with Gasteiger partial charge in [0.05, 0.1) is 0 Å². The Hall–Kier alpha value is -1.64. The second-order valence-corrected chi connectivity index (χ2v) is 7.75. The number of piperidine rings is 1. The maximum Gasteiger partial charge on any atom is 0.0367 e. The first-order valence-corrected chi connectivity index (χ1v) is 9.88. The molecule has 0 N–H and O–H groups in total. The molecule has 2 saturated heterocycles. The molecule has 0 saturated carbocycles. The van der Waals surface area contributed by atoms with Crippen molar-refractivity contribution in [1.82, 2.24) is 9.80 Å². The summed E-state index contributed by atoms with van der Waals surface area (Å²) in [5.74, 6) is 0. The second kappa shape index (κ2) is 7.72. The normalized spacial score (nSPS) is 26.7. The Morgan fingerprint density at radius 3 is 2.44 bits per heavy atom. The highest BCUT2D eigenvalue weighted by Crippen LogP contribution is 2.42. The van der Waals surface area contributed by atoms with E-state index in [0.29, 0.717) is 12.1 Å². The predicted molar refractivity (Wildman–Crippen MR) is 105 cm³/mol. The van der Waals surface area contributed by atoms with Crippen LogP contribution in [0.5, 0.6) is 0 Å². The van der Waals surface area contributed by atoms with Crippen LogP contribution >= 0.6 is 0 Å². The molecule has 0 bridgehead atoms. The van der Waals surface area contributed by atoms with Gasteiger partial charge in [-0.1, -0.05) is 67.1 Å². The first-order valence-electron chi connectivity index (χ1n) is 9.88. The molecule has 2 fully saturated rings. The molecule has 0 aliphatic carbocycles. The molecule has 3 unspecified atom stereocenters. The molecule has 2 aromatic carbocycles. The van der Waals surface area contributed by atoms with Gasteiger partial charge in [-0.2, -0.15) is 0 Å². The van der Waals surface area contributed by atoms with Gasteiger partial charge in [0.25, 0.3) is 0 Å². The molecule has 132 valence electrons. The van der Waals surface area contributed by atoms with Gasteiger partial charge in [0.2, 0.25) is 0 Å². The molecule has 2 aromatic rings. The van der Waals surface area contributed by atoms with Crippen LogP contribution in [0.15, 0.2) is 60.7 Å². The number of nitrogens with zero attached hydrogens (tertiary/aromatic N) is 2. The van der Waals surface area contributed by atoms with Gasteiger partial charge >= 0.3 is 0 Å². The molecular weight excluding hydrogens is 304 g/mol. The van der Waals surface area contributed by atoms with E-state index in [1.54, 1.807) is 0 Å². The van der Waals surface area contributed by atoms with E-state index in [4.69, 9.17) is 0 Å². The summed E-state index contributed by atoms with van der Waals surface area (Å²) in [6, 6.07) is 24.1. The van der Waals surface area contributed by atoms with Crippen LogP contribution in [-0.2, 0) is 6.42 Å². The number of rotatable bonds is 5. The van der Waals surface area contributed by atoms with E-state index in [-0.39, 0.29) is 0 Å². The van der Waals surface area contributed by atoms with Crippen LogP contribution in [0.4, 0.5) is 0 Å². The van der Waals surface area contributed by atoms with Gasteiger partial charge in [-0.25, -0.2) is 0 Å². The van der Waals surface area contributed by atoms with Crippen LogP contribution in [0.25, 0.3) is 0 Å². The average molecular weight is 335 g/mol. The highest BCUT2D eigenvalue weighted by Gasteiger charge is 2.43. The van der Waals surface area contributed by atoms with Crippen LogP contribution < -0.4 is 0 Å². The zero-order valence-electron chi connectivity index (χ0n) is 15.3. The van der Waals surface area contributed by atoms with Crippen molar-refractivity contribution in [3.63, 3.8) is 0 Å². The largest absolute Gasteiger partial charge is 0.301 e. The molecule has 0 spiro atoms. The smallest absolute Gasteiger partial charge is 0.0367 e. The first kappa shape index (κ1) is 16.8. The predicted octanol–water partition coefficient (Wildman–Crippen LogP) is 4.53. The fourth-order valence-corrected chi connectivity index (χ4v) is 4.89. The summed E-state index contributed by atoms with van der Waals surface area (Å²) in [6.07, 6.45) is 6.55. The van der Waals surface area contributed by atoms with Crippen LogP contribution in [0.3, 0.4) is 0 Å². The summed E-state index contributed by atoms with van der Waals surface area (Å²) in [5, 5.41) is 0. The number of likely N-dealkylation sites (N-methyl/N-ethyl adjacent to an activating group) is 1. The molecule has 0 aromatic heterocycles. The standard InChI is InChI=1S/C23H30N2/c1-24(17-15-19-10-4-2-5-11-19)23-18-22(20-12-6-3-7-13-20)25-16-9-8-14-21(23)25/h2-7,10-13,21-23H,8-9,14-18H2,1H3. The van der Waals surface area contributed by atoms with Crippen LogP contribution in [-0.4, -0.2) is 42.0 Å². The minimum absolute atomic E-state index is 0.607. The van der Waals surface area contributed by atoms with Crippen LogP contribution in [0, 0.1) is 0 Å². The lowest BCUT2D eigenvalue weighted by Gasteiger charge is -2.37. The van der Waals surface area contributed by atoms with Crippen molar-refractivity contribution in [1.29, 1.82) is 0 Å². The van der Waals surface area contributed by atoms with Gasteiger partial charge in [-0.05, 0) is 50.4 Å². The van der Waals surface area contributed by atoms with E-state index in [9.17, 15) is 0 Å². The Morgan fingerprint density at radius 2 is 1.68 bits per heavy atom. The van der Waals surface area contributed by atoms with Gasteiger partial charge in [-0.3, -0.25) is 4.90 Å². The topological polar surface area (TPSA) is 6.48 Å². The molecule has 2 heteroatoms. The highest BCUT2D eigenvalue weighted by molar-refractivity contribution is 5.22. The van der Waals surface area contributed by atoms with Crippen molar-refractivity contribution in [2.75, 3.05) is 20.1 Å². The molecule has 3 atom stereocenters. The van der Waals surface area contributed by atoms with Gasteiger partial charge in [0, 0.05) is 24.7 Å². The van der Waals surface area contributed by atoms with Gasteiger partial charge in [0.1, 0.15) is 0 Å². The van der Waals surface area contributed by atoms with Gasteiger partial charge in [0.15, 0.2) is 0 Å². The van der Waals surface area contributed by atoms with E-state index in [2.05, 4.69) is 77.5 Å². The number of benzene rings is 2. The molecule has 0 radical (unpaired) electrons. The summed E-state index contributed by atoms with van der Waals surface area (Å²) in [7, 11) is 2.34. The molecular formula is C23H30N2. The van der Waals surface area contributed by atoms with E-state index in [0.717, 1.165) is 19.0 Å². The summed E-state index contributed by atoms with van der Waals surface area (Å²) < 4.78 is 0. The maximum absolute atomic E-state index is 2.81. The van der Waals surface area contributed by atoms with Crippen molar-refractivity contribution in [3.05, 3.63) is 71.8 Å². The third-order valence-corrected chi connectivity index (χ3v) is 6.25. The summed E-state index contributed by atoms with van der Waals surface area (Å²) in [5.41, 5.74) is 2.96. The average Bonchev–Trinajstić information content (AvgIpc) is 3.07. The zero-order valence-corrected chi connectivity index (χ0v) is 15.3. The van der Waals surface area contributed by atoms with Crippen molar-refractivity contribution in [2.24, 2.45) is 0 Å². The molecule has 2 aliphatic heterocycles. The molecule has 2 heterocycles. The van der Waals surface area contributed by atoms with Crippen molar-refractivity contribution < 1.29 is 0 Å². The van der Waals surface area contributed by atoms with E-state index >= 15 is 0 Å². The van der Waals surface area contributed by atoms with Gasteiger partial charge < -0.3 is 4.90 Å². The minimum atomic E-state index is 0.607. The SMILES string of the molecule is CN(CCc1ccccc1)C1CC(c2ccccc2)N2CCCCC12. The monoisotopic (exact) mass is 334 g/mol. The maximum atomic E-state index is 2.81. The lowest BCUT2D eigenvalue weighted by atomic mass is 9.97. The van der Waals surface area contributed by atoms with Crippen LogP contribution in [0.2, 0.25) is 0 Å². The van der Waals surface area contributed by atoms with E-state index in [1.165, 1.54) is 43.4 Å². The molecule has 2 nitrogen and oxygen atoms in total. The Bertz CT molecular complexity index is 654. The lowest BCUT2D eigenvalue weighted by Crippen LogP contribution is -2.46. The number of hydrogen-bond acceptors (Lipinski definition) is 2. The summed E-state index contributed by atoms with van der Waals surface area (Å²) in [6.45, 7) is 2.42. The molecule has 25 heavy (non-hydrogen) atoms. The summed E-state index contributed by atoms with van der Waals surface area (Å²) in [4.78, 5) is 5.45. The van der Waals surface area contributed by atoms with Gasteiger partial charge in [-0.15, -0.1) is 0 Å². The quantitative estimate of drug-likeness (QED) is 0.793. The zero-order chi connectivity index (χ0) is 17.1. The summed E-state index contributed by atoms with van der Waals surface area (Å²) >= 11 is 0. The fraction of sp³-hybridized carbons (Fsp3) is 0.478. The third kappa shape index (κ3) is 3.65. The Kier molecular flexibility index (Phi) is 5.19. The Balaban J connectivity index is 1.47. The second-order valence-electron chi connectivity index (χ2n) is 7.75. The van der Waals surface area contributed by atoms with Crippen molar-refractivity contribution in [2.45, 2.75) is 50.2 Å². The molecule has 0 amide bonds. The van der Waals surface area contributed by atoms with E-state index < -0.39 is 0 Å². The fourth-order valence-electron chi connectivity index (χ4n) is 4.89. The van der Waals surface area contributed by atoms with Crippen LogP contribution in [0.1, 0.15) is 42.9 Å². The Morgan fingerprint density at radius 1 is 0.960 bits per heavy atom. The highest BCUT2D eigenvalue weighted by atomic mass is 15.3. The number of fused-ring (bicyclic) bond motifs is 1. The van der Waals surface area contributed by atoms with E-state index in [1.807, 2.05) is 0 Å².